The number of quaternary nitrogens is 1. The quantitative estimate of drug-likeness (QED) is 0.0285. The molecule has 0 radical (unpaired) electrons. The van der Waals surface area contributed by atoms with Crippen LogP contribution < -0.4 is 5.32 Å². The molecule has 0 aliphatic heterocycles. The van der Waals surface area contributed by atoms with E-state index in [1.54, 1.807) is 6.08 Å². The maximum Gasteiger partial charge on any atom is 0.472 e. The number of nitrogens with one attached hydrogen (secondary N) is 1. The molecule has 0 aromatic rings. The molecule has 3 unspecified atom stereocenters. The van der Waals surface area contributed by atoms with Gasteiger partial charge < -0.3 is 19.8 Å². The third kappa shape index (κ3) is 31.3. The lowest BCUT2D eigenvalue weighted by Crippen LogP contribution is -2.45. The fourth-order valence-electron chi connectivity index (χ4n) is 4.80. The molecule has 270 valence electrons. The van der Waals surface area contributed by atoms with Gasteiger partial charge in [-0.1, -0.05) is 121 Å². The summed E-state index contributed by atoms with van der Waals surface area (Å²) >= 11 is 0. The van der Waals surface area contributed by atoms with E-state index in [2.05, 4.69) is 43.5 Å². The van der Waals surface area contributed by atoms with Gasteiger partial charge in [0.2, 0.25) is 5.91 Å². The largest absolute Gasteiger partial charge is 0.472 e. The number of allylic oxidation sites excluding steroid dienone is 5. The molecule has 0 aliphatic rings. The molecule has 0 heterocycles. The first-order valence-corrected chi connectivity index (χ1v) is 19.9. The Balaban J connectivity index is 4.65. The fourth-order valence-corrected chi connectivity index (χ4v) is 5.54. The maximum absolute atomic E-state index is 12.7. The van der Waals surface area contributed by atoms with Gasteiger partial charge in [0.25, 0.3) is 0 Å². The van der Waals surface area contributed by atoms with Crippen molar-refractivity contribution in [2.45, 2.75) is 154 Å². The standard InChI is InChI=1S/C37H71N2O6P/c1-6-8-10-12-14-16-18-19-21-22-24-26-28-30-36(40)35(34-45-46(42,43)44-33-32-39(3,4)5)38-37(41)31-29-27-25-23-20-17-15-13-11-9-7-2/h13,15,21-22,28,30,35-36,40H,6-12,14,16-20,23-27,29,31-34H2,1-5H3,(H-,38,41,42,43)/p+1/b15-13-,22-21+,30-28+. The van der Waals surface area contributed by atoms with Crippen LogP contribution in [0.1, 0.15) is 142 Å². The molecule has 0 saturated heterocycles. The van der Waals surface area contributed by atoms with Gasteiger partial charge in [-0.05, 0) is 51.4 Å². The molecule has 0 spiro atoms. The van der Waals surface area contributed by atoms with E-state index >= 15 is 0 Å². The highest BCUT2D eigenvalue weighted by Crippen LogP contribution is 2.43. The zero-order chi connectivity index (χ0) is 34.4. The Hall–Kier alpha value is -1.28. The molecular weight excluding hydrogens is 599 g/mol. The molecule has 0 fully saturated rings. The minimum absolute atomic E-state index is 0.0539. The minimum Gasteiger partial charge on any atom is -0.387 e. The number of phosphoric acid groups is 1. The smallest absolute Gasteiger partial charge is 0.387 e. The van der Waals surface area contributed by atoms with Crippen molar-refractivity contribution < 1.29 is 32.9 Å². The number of phosphoric ester groups is 1. The molecule has 0 rings (SSSR count). The number of likely N-dealkylation sites (N-methyl/N-ethyl adjacent to an activating group) is 1. The van der Waals surface area contributed by atoms with Crippen molar-refractivity contribution in [3.8, 4) is 0 Å². The molecule has 1 amide bonds. The minimum atomic E-state index is -4.33. The van der Waals surface area contributed by atoms with Gasteiger partial charge in [0, 0.05) is 6.42 Å². The Morgan fingerprint density at radius 3 is 1.80 bits per heavy atom. The molecule has 0 aromatic heterocycles. The van der Waals surface area contributed by atoms with Crippen LogP contribution in [0.2, 0.25) is 0 Å². The lowest BCUT2D eigenvalue weighted by Gasteiger charge is -2.25. The van der Waals surface area contributed by atoms with E-state index in [-0.39, 0.29) is 19.1 Å². The van der Waals surface area contributed by atoms with Gasteiger partial charge in [0.15, 0.2) is 0 Å². The summed E-state index contributed by atoms with van der Waals surface area (Å²) in [5, 5.41) is 13.7. The average molecular weight is 672 g/mol. The lowest BCUT2D eigenvalue weighted by atomic mass is 10.1. The summed E-state index contributed by atoms with van der Waals surface area (Å²) in [6.45, 7) is 4.70. The predicted octanol–water partition coefficient (Wildman–Crippen LogP) is 9.18. The SMILES string of the molecule is CCCC/C=C\CCCCCCCC(=O)NC(COP(=O)(O)OCC[N+](C)(C)C)C(O)/C=C/CC/C=C/CCCCCCCCC. The number of hydrogen-bond acceptors (Lipinski definition) is 5. The van der Waals surface area contributed by atoms with Crippen LogP contribution in [-0.4, -0.2) is 73.4 Å². The number of amides is 1. The number of unbranched alkanes of at least 4 members (excludes halogenated alkanes) is 15. The Bertz CT molecular complexity index is 855. The number of aliphatic hydroxyl groups excluding tert-OH is 1. The molecule has 0 aromatic carbocycles. The summed E-state index contributed by atoms with van der Waals surface area (Å²) in [6, 6.07) is -0.862. The second-order valence-electron chi connectivity index (χ2n) is 13.6. The van der Waals surface area contributed by atoms with E-state index in [0.29, 0.717) is 17.4 Å². The molecule has 3 atom stereocenters. The van der Waals surface area contributed by atoms with Crippen LogP contribution in [0.25, 0.3) is 0 Å². The summed E-state index contributed by atoms with van der Waals surface area (Å²) < 4.78 is 23.4. The van der Waals surface area contributed by atoms with Gasteiger partial charge in [0.1, 0.15) is 13.2 Å². The van der Waals surface area contributed by atoms with Gasteiger partial charge in [-0.25, -0.2) is 4.57 Å². The number of nitrogens with zero attached hydrogens (tertiary/aromatic N) is 1. The molecule has 46 heavy (non-hydrogen) atoms. The average Bonchev–Trinajstić information content (AvgIpc) is 2.99. The summed E-state index contributed by atoms with van der Waals surface area (Å²) in [5.41, 5.74) is 0. The van der Waals surface area contributed by atoms with Crippen molar-refractivity contribution in [2.75, 3.05) is 40.9 Å². The van der Waals surface area contributed by atoms with Crippen LogP contribution in [-0.2, 0) is 18.4 Å². The van der Waals surface area contributed by atoms with Crippen LogP contribution in [0.3, 0.4) is 0 Å². The number of hydrogen-bond donors (Lipinski definition) is 3. The maximum atomic E-state index is 12.7. The van der Waals surface area contributed by atoms with E-state index in [4.69, 9.17) is 9.05 Å². The van der Waals surface area contributed by atoms with Crippen LogP contribution in [0.15, 0.2) is 36.5 Å². The Labute approximate surface area is 283 Å². The molecular formula is C37H72N2O6P+. The second kappa shape index (κ2) is 29.8. The van der Waals surface area contributed by atoms with Gasteiger partial charge in [-0.2, -0.15) is 0 Å². The van der Waals surface area contributed by atoms with Crippen molar-refractivity contribution >= 4 is 13.7 Å². The summed E-state index contributed by atoms with van der Waals surface area (Å²) in [7, 11) is 1.54. The first-order chi connectivity index (χ1) is 22.0. The Morgan fingerprint density at radius 2 is 1.22 bits per heavy atom. The molecule has 3 N–H and O–H groups in total. The van der Waals surface area contributed by atoms with Crippen molar-refractivity contribution in [3.05, 3.63) is 36.5 Å². The normalized spacial score (nSPS) is 15.2. The molecule has 0 saturated carbocycles. The first-order valence-electron chi connectivity index (χ1n) is 18.4. The summed E-state index contributed by atoms with van der Waals surface area (Å²) in [6.07, 6.45) is 33.5. The molecule has 0 aliphatic carbocycles. The Kier molecular flexibility index (Phi) is 29.0. The van der Waals surface area contributed by atoms with Crippen LogP contribution in [0.5, 0.6) is 0 Å². The molecule has 0 bridgehead atoms. The van der Waals surface area contributed by atoms with E-state index in [0.717, 1.165) is 51.4 Å². The van der Waals surface area contributed by atoms with Gasteiger partial charge >= 0.3 is 7.82 Å². The van der Waals surface area contributed by atoms with Crippen molar-refractivity contribution in [1.82, 2.24) is 5.32 Å². The number of carbonyl (C=O) groups is 1. The molecule has 9 heteroatoms. The van der Waals surface area contributed by atoms with Crippen LogP contribution in [0.4, 0.5) is 0 Å². The van der Waals surface area contributed by atoms with Gasteiger partial charge in [0.05, 0.1) is 39.9 Å². The fraction of sp³-hybridized carbons (Fsp3) is 0.811. The number of rotatable bonds is 32. The van der Waals surface area contributed by atoms with E-state index in [1.165, 1.54) is 70.6 Å². The van der Waals surface area contributed by atoms with Crippen molar-refractivity contribution in [3.63, 3.8) is 0 Å². The topological polar surface area (TPSA) is 105 Å². The molecule has 8 nitrogen and oxygen atoms in total. The highest BCUT2D eigenvalue weighted by molar-refractivity contribution is 7.47. The summed E-state index contributed by atoms with van der Waals surface area (Å²) in [4.78, 5) is 22.9. The third-order valence-electron chi connectivity index (χ3n) is 7.83. The highest BCUT2D eigenvalue weighted by Gasteiger charge is 2.27. The Morgan fingerprint density at radius 1 is 0.717 bits per heavy atom. The van der Waals surface area contributed by atoms with Crippen molar-refractivity contribution in [1.29, 1.82) is 0 Å². The highest BCUT2D eigenvalue weighted by atomic mass is 31.2. The zero-order valence-corrected chi connectivity index (χ0v) is 31.2. The third-order valence-corrected chi connectivity index (χ3v) is 8.82. The van der Waals surface area contributed by atoms with E-state index in [1.807, 2.05) is 27.2 Å². The first kappa shape index (κ1) is 44.7. The van der Waals surface area contributed by atoms with E-state index < -0.39 is 20.0 Å². The number of carbonyl (C=O) groups excluding carboxylic acids is 1. The second-order valence-corrected chi connectivity index (χ2v) is 15.0. The lowest BCUT2D eigenvalue weighted by molar-refractivity contribution is -0.870. The van der Waals surface area contributed by atoms with Gasteiger partial charge in [-0.3, -0.25) is 13.8 Å². The van der Waals surface area contributed by atoms with Gasteiger partial charge in [-0.15, -0.1) is 0 Å². The van der Waals surface area contributed by atoms with Crippen LogP contribution in [0, 0.1) is 0 Å². The van der Waals surface area contributed by atoms with E-state index in [9.17, 15) is 19.4 Å². The van der Waals surface area contributed by atoms with Crippen LogP contribution >= 0.6 is 7.82 Å². The summed E-state index contributed by atoms with van der Waals surface area (Å²) in [5.74, 6) is -0.202. The number of aliphatic hydroxyl groups is 1. The monoisotopic (exact) mass is 672 g/mol. The predicted molar refractivity (Wildman–Crippen MR) is 194 cm³/mol. The van der Waals surface area contributed by atoms with Crippen molar-refractivity contribution in [2.24, 2.45) is 0 Å². The zero-order valence-electron chi connectivity index (χ0n) is 30.3.